The number of amides is 1. The lowest BCUT2D eigenvalue weighted by Crippen LogP contribution is -2.26. The first kappa shape index (κ1) is 11.5. The van der Waals surface area contributed by atoms with Gasteiger partial charge in [-0.1, -0.05) is 0 Å². The summed E-state index contributed by atoms with van der Waals surface area (Å²) in [5, 5.41) is 15.7. The van der Waals surface area contributed by atoms with Crippen LogP contribution in [0.5, 0.6) is 0 Å². The Morgan fingerprint density at radius 3 is 3.06 bits per heavy atom. The van der Waals surface area contributed by atoms with Crippen LogP contribution in [-0.2, 0) is 20.7 Å². The number of aliphatic hydroxyl groups is 1. The highest BCUT2D eigenvalue weighted by Gasteiger charge is 2.31. The van der Waals surface area contributed by atoms with Crippen LogP contribution in [0.2, 0.25) is 0 Å². The van der Waals surface area contributed by atoms with Crippen molar-refractivity contribution < 1.29 is 19.4 Å². The van der Waals surface area contributed by atoms with E-state index in [0.717, 1.165) is 0 Å². The number of β-amino-alcohol motifs (C(OH)–C–C–N with tert-alkyl or cyclic N) is 1. The molecule has 0 saturated carbocycles. The van der Waals surface area contributed by atoms with Gasteiger partial charge in [-0.3, -0.25) is 19.6 Å². The van der Waals surface area contributed by atoms with Crippen molar-refractivity contribution in [1.82, 2.24) is 15.2 Å². The molecule has 1 unspecified atom stereocenters. The molecule has 2 N–H and O–H groups in total. The molecule has 2 rings (SSSR count). The minimum Gasteiger partial charge on any atom is -0.469 e. The van der Waals surface area contributed by atoms with Gasteiger partial charge in [0, 0.05) is 0 Å². The first-order chi connectivity index (χ1) is 8.10. The smallest absolute Gasteiger partial charge is 0.313 e. The Labute approximate surface area is 96.6 Å². The molecule has 17 heavy (non-hydrogen) atoms. The summed E-state index contributed by atoms with van der Waals surface area (Å²) >= 11 is 0. The number of aromatic nitrogens is 3. The maximum atomic E-state index is 11.5. The summed E-state index contributed by atoms with van der Waals surface area (Å²) in [4.78, 5) is 27.7. The SMILES string of the molecule is COC(=O)Cc1nc(N2CC(O)CC2=O)n[nH]1. The van der Waals surface area contributed by atoms with E-state index in [-0.39, 0.29) is 31.2 Å². The van der Waals surface area contributed by atoms with Crippen LogP contribution in [0.4, 0.5) is 5.95 Å². The number of carbonyl (C=O) groups is 2. The van der Waals surface area contributed by atoms with Crippen LogP contribution in [0, 0.1) is 0 Å². The molecule has 1 saturated heterocycles. The number of anilines is 1. The Morgan fingerprint density at radius 2 is 2.47 bits per heavy atom. The summed E-state index contributed by atoms with van der Waals surface area (Å²) < 4.78 is 4.48. The third-order valence-corrected chi connectivity index (χ3v) is 2.41. The third-order valence-electron chi connectivity index (χ3n) is 2.41. The van der Waals surface area contributed by atoms with E-state index in [9.17, 15) is 14.7 Å². The lowest BCUT2D eigenvalue weighted by molar-refractivity contribution is -0.139. The van der Waals surface area contributed by atoms with Crippen molar-refractivity contribution >= 4 is 17.8 Å². The highest BCUT2D eigenvalue weighted by Crippen LogP contribution is 2.17. The second-order valence-electron chi connectivity index (χ2n) is 3.70. The van der Waals surface area contributed by atoms with Gasteiger partial charge in [0.25, 0.3) is 5.95 Å². The molecule has 1 aliphatic rings. The van der Waals surface area contributed by atoms with Gasteiger partial charge in [0.15, 0.2) is 0 Å². The Balaban J connectivity index is 2.08. The predicted molar refractivity (Wildman–Crippen MR) is 55.1 cm³/mol. The van der Waals surface area contributed by atoms with Crippen molar-refractivity contribution in [1.29, 1.82) is 0 Å². The quantitative estimate of drug-likeness (QED) is 0.630. The molecule has 0 aliphatic carbocycles. The van der Waals surface area contributed by atoms with E-state index >= 15 is 0 Å². The minimum absolute atomic E-state index is 0.0336. The third kappa shape index (κ3) is 2.41. The molecule has 0 bridgehead atoms. The summed E-state index contributed by atoms with van der Waals surface area (Å²) in [5.41, 5.74) is 0. The number of ether oxygens (including phenoxy) is 1. The Morgan fingerprint density at radius 1 is 1.71 bits per heavy atom. The van der Waals surface area contributed by atoms with Crippen LogP contribution in [0.15, 0.2) is 0 Å². The molecule has 0 spiro atoms. The van der Waals surface area contributed by atoms with E-state index in [2.05, 4.69) is 19.9 Å². The summed E-state index contributed by atoms with van der Waals surface area (Å²) in [7, 11) is 1.28. The fraction of sp³-hybridized carbons (Fsp3) is 0.556. The number of nitrogens with one attached hydrogen (secondary N) is 1. The molecule has 1 aromatic heterocycles. The second kappa shape index (κ2) is 4.50. The molecular weight excluding hydrogens is 228 g/mol. The number of methoxy groups -OCH3 is 1. The molecule has 92 valence electrons. The molecule has 1 fully saturated rings. The zero-order valence-electron chi connectivity index (χ0n) is 9.21. The van der Waals surface area contributed by atoms with Crippen molar-refractivity contribution in [2.75, 3.05) is 18.6 Å². The monoisotopic (exact) mass is 240 g/mol. The van der Waals surface area contributed by atoms with E-state index in [1.54, 1.807) is 0 Å². The summed E-state index contributed by atoms with van der Waals surface area (Å²) in [6, 6.07) is 0. The van der Waals surface area contributed by atoms with Crippen LogP contribution < -0.4 is 4.90 Å². The van der Waals surface area contributed by atoms with Crippen molar-refractivity contribution in [3.8, 4) is 0 Å². The summed E-state index contributed by atoms with van der Waals surface area (Å²) in [6.07, 6.45) is -0.653. The number of rotatable bonds is 3. The molecule has 1 atom stereocenters. The first-order valence-corrected chi connectivity index (χ1v) is 5.06. The first-order valence-electron chi connectivity index (χ1n) is 5.06. The highest BCUT2D eigenvalue weighted by atomic mass is 16.5. The zero-order valence-corrected chi connectivity index (χ0v) is 9.21. The van der Waals surface area contributed by atoms with Crippen molar-refractivity contribution in [3.05, 3.63) is 5.82 Å². The van der Waals surface area contributed by atoms with E-state index in [0.29, 0.717) is 5.82 Å². The zero-order chi connectivity index (χ0) is 12.4. The number of carbonyl (C=O) groups excluding carboxylic acids is 2. The van der Waals surface area contributed by atoms with Gasteiger partial charge in [0.2, 0.25) is 5.91 Å². The number of nitrogens with zero attached hydrogens (tertiary/aromatic N) is 3. The van der Waals surface area contributed by atoms with Gasteiger partial charge >= 0.3 is 5.97 Å². The number of esters is 1. The van der Waals surface area contributed by atoms with Gasteiger partial charge in [-0.05, 0) is 0 Å². The lowest BCUT2D eigenvalue weighted by atomic mass is 10.3. The Kier molecular flexibility index (Phi) is 3.05. The highest BCUT2D eigenvalue weighted by molar-refractivity contribution is 5.94. The predicted octanol–water partition coefficient (Wildman–Crippen LogP) is -1.38. The minimum atomic E-state index is -0.690. The fourth-order valence-corrected chi connectivity index (χ4v) is 1.58. The number of aliphatic hydroxyl groups excluding tert-OH is 1. The van der Waals surface area contributed by atoms with Gasteiger partial charge in [-0.15, -0.1) is 5.10 Å². The standard InChI is InChI=1S/C9H12N4O4/c1-17-8(16)3-6-10-9(12-11-6)13-4-5(14)2-7(13)15/h5,14H,2-4H2,1H3,(H,10,11,12). The van der Waals surface area contributed by atoms with E-state index in [4.69, 9.17) is 0 Å². The van der Waals surface area contributed by atoms with E-state index < -0.39 is 12.1 Å². The number of aromatic amines is 1. The van der Waals surface area contributed by atoms with Gasteiger partial charge in [-0.2, -0.15) is 4.98 Å². The Hall–Kier alpha value is -1.96. The van der Waals surface area contributed by atoms with Crippen LogP contribution in [0.25, 0.3) is 0 Å². The van der Waals surface area contributed by atoms with E-state index in [1.165, 1.54) is 12.0 Å². The van der Waals surface area contributed by atoms with Crippen molar-refractivity contribution in [3.63, 3.8) is 0 Å². The van der Waals surface area contributed by atoms with Crippen LogP contribution in [0.1, 0.15) is 12.2 Å². The largest absolute Gasteiger partial charge is 0.469 e. The molecule has 8 heteroatoms. The molecule has 1 aromatic rings. The van der Waals surface area contributed by atoms with Gasteiger partial charge < -0.3 is 9.84 Å². The number of H-pyrrole nitrogens is 1. The number of hydrogen-bond donors (Lipinski definition) is 2. The molecular formula is C9H12N4O4. The van der Waals surface area contributed by atoms with Crippen LogP contribution in [0.3, 0.4) is 0 Å². The summed E-state index contributed by atoms with van der Waals surface area (Å²) in [6.45, 7) is 0.175. The molecule has 1 amide bonds. The van der Waals surface area contributed by atoms with Crippen molar-refractivity contribution in [2.24, 2.45) is 0 Å². The second-order valence-corrected chi connectivity index (χ2v) is 3.70. The number of hydrogen-bond acceptors (Lipinski definition) is 6. The molecule has 1 aliphatic heterocycles. The molecule has 8 nitrogen and oxygen atoms in total. The molecule has 2 heterocycles. The average Bonchev–Trinajstić information content (AvgIpc) is 2.85. The maximum Gasteiger partial charge on any atom is 0.313 e. The van der Waals surface area contributed by atoms with Crippen LogP contribution in [-0.4, -0.2) is 51.9 Å². The normalized spacial score (nSPS) is 19.8. The lowest BCUT2D eigenvalue weighted by Gasteiger charge is -2.09. The average molecular weight is 240 g/mol. The van der Waals surface area contributed by atoms with E-state index in [1.807, 2.05) is 0 Å². The van der Waals surface area contributed by atoms with Gasteiger partial charge in [0.05, 0.1) is 26.2 Å². The van der Waals surface area contributed by atoms with Gasteiger partial charge in [-0.25, -0.2) is 0 Å². The topological polar surface area (TPSA) is 108 Å². The Bertz CT molecular complexity index is 444. The summed E-state index contributed by atoms with van der Waals surface area (Å²) in [5.74, 6) is -0.187. The van der Waals surface area contributed by atoms with Crippen LogP contribution >= 0.6 is 0 Å². The van der Waals surface area contributed by atoms with Gasteiger partial charge in [0.1, 0.15) is 12.2 Å². The maximum absolute atomic E-state index is 11.5. The fourth-order valence-electron chi connectivity index (χ4n) is 1.58. The molecule has 0 aromatic carbocycles. The van der Waals surface area contributed by atoms with Crippen molar-refractivity contribution in [2.45, 2.75) is 18.9 Å². The molecule has 0 radical (unpaired) electrons.